The number of aromatic nitrogens is 4. The summed E-state index contributed by atoms with van der Waals surface area (Å²) >= 11 is 6.56. The number of benzene rings is 1. The van der Waals surface area contributed by atoms with Crippen LogP contribution in [-0.2, 0) is 34.9 Å². The molecule has 1 N–H and O–H groups in total. The first-order valence-corrected chi connectivity index (χ1v) is 12.2. The molecule has 0 radical (unpaired) electrons. The topological polar surface area (TPSA) is 109 Å². The van der Waals surface area contributed by atoms with Gasteiger partial charge < -0.3 is 19.4 Å². The number of anilines is 1. The number of methoxy groups -OCH3 is 1. The Morgan fingerprint density at radius 1 is 1.14 bits per heavy atom. The Bertz CT molecular complexity index is 1530. The second-order valence-electron chi connectivity index (χ2n) is 8.97. The van der Waals surface area contributed by atoms with E-state index in [0.29, 0.717) is 29.4 Å². The maximum Gasteiger partial charge on any atom is 0.336 e. The summed E-state index contributed by atoms with van der Waals surface area (Å²) < 4.78 is 15.5. The number of aryl methyl sites for hydroxylation is 2. The van der Waals surface area contributed by atoms with E-state index in [0.717, 1.165) is 21.8 Å². The van der Waals surface area contributed by atoms with Crippen LogP contribution in [0.3, 0.4) is 0 Å². The van der Waals surface area contributed by atoms with Crippen LogP contribution in [-0.4, -0.2) is 45.0 Å². The van der Waals surface area contributed by atoms with E-state index in [-0.39, 0.29) is 23.6 Å². The second-order valence-corrected chi connectivity index (χ2v) is 9.37. The summed E-state index contributed by atoms with van der Waals surface area (Å²) in [4.78, 5) is 43.8. The molecule has 0 spiro atoms. The normalized spacial score (nSPS) is 14.9. The van der Waals surface area contributed by atoms with Crippen molar-refractivity contribution in [3.8, 4) is 0 Å². The number of halogens is 1. The van der Waals surface area contributed by atoms with Crippen LogP contribution >= 0.6 is 11.6 Å². The molecule has 0 saturated carbocycles. The van der Waals surface area contributed by atoms with Crippen LogP contribution < -0.4 is 16.6 Å². The van der Waals surface area contributed by atoms with Gasteiger partial charge in [0.05, 0.1) is 48.8 Å². The lowest BCUT2D eigenvalue weighted by Crippen LogP contribution is -2.44. The minimum atomic E-state index is -0.873. The fourth-order valence-electron chi connectivity index (χ4n) is 4.78. The molecule has 0 amide bonds. The van der Waals surface area contributed by atoms with Crippen LogP contribution in [0.25, 0.3) is 0 Å². The number of esters is 1. The van der Waals surface area contributed by atoms with Gasteiger partial charge in [-0.25, -0.2) is 14.6 Å². The molecule has 1 aromatic carbocycles. The van der Waals surface area contributed by atoms with Gasteiger partial charge in [0.15, 0.2) is 0 Å². The van der Waals surface area contributed by atoms with Gasteiger partial charge in [0.1, 0.15) is 11.6 Å². The van der Waals surface area contributed by atoms with Crippen molar-refractivity contribution in [1.29, 1.82) is 0 Å². The molecule has 2 aromatic heterocycles. The highest BCUT2D eigenvalue weighted by atomic mass is 35.5. The molecule has 11 heteroatoms. The fraction of sp³-hybridized carbons (Fsp3) is 0.385. The van der Waals surface area contributed by atoms with E-state index in [1.807, 2.05) is 20.8 Å². The van der Waals surface area contributed by atoms with Gasteiger partial charge in [-0.05, 0) is 32.4 Å². The Balaban J connectivity index is 1.80. The summed E-state index contributed by atoms with van der Waals surface area (Å²) in [6, 6.07) is 6.98. The van der Waals surface area contributed by atoms with Gasteiger partial charge >= 0.3 is 11.7 Å². The third kappa shape index (κ3) is 4.62. The minimum absolute atomic E-state index is 0.0139. The summed E-state index contributed by atoms with van der Waals surface area (Å²) in [5, 5.41) is 3.50. The summed E-state index contributed by atoms with van der Waals surface area (Å²) in [7, 11) is 4.24. The molecular formula is C26H30ClN5O5. The molecule has 1 aliphatic rings. The van der Waals surface area contributed by atoms with Crippen molar-refractivity contribution in [2.24, 2.45) is 14.1 Å². The quantitative estimate of drug-likeness (QED) is 0.371. The Morgan fingerprint density at radius 3 is 2.46 bits per heavy atom. The first-order chi connectivity index (χ1) is 17.6. The number of carbonyl (C=O) groups is 1. The number of fused-ring (bicyclic) bond motifs is 1. The molecule has 0 saturated heterocycles. The van der Waals surface area contributed by atoms with Gasteiger partial charge in [-0.3, -0.25) is 13.9 Å². The lowest BCUT2D eigenvalue weighted by molar-refractivity contribution is -0.136. The van der Waals surface area contributed by atoms with E-state index in [1.165, 1.54) is 18.7 Å². The fourth-order valence-corrected chi connectivity index (χ4v) is 5.02. The second kappa shape index (κ2) is 10.4. The number of nitrogens with one attached hydrogen (secondary N) is 1. The minimum Gasteiger partial charge on any atom is -0.466 e. The molecule has 1 unspecified atom stereocenters. The smallest absolute Gasteiger partial charge is 0.336 e. The summed E-state index contributed by atoms with van der Waals surface area (Å²) in [5.74, 6) is -0.333. The molecule has 1 aliphatic heterocycles. The van der Waals surface area contributed by atoms with Gasteiger partial charge in [0.25, 0.3) is 5.56 Å². The first-order valence-electron chi connectivity index (χ1n) is 11.8. The number of carbonyl (C=O) groups excluding carboxylic acids is 1. The van der Waals surface area contributed by atoms with Crippen molar-refractivity contribution >= 4 is 23.4 Å². The highest BCUT2D eigenvalue weighted by molar-refractivity contribution is 6.31. The standard InChI is InChI=1S/C26H30ClN5O5/c1-14-15(2)32(16(3)28-14)11-12-37-13-19-21(25(34)36-6)20(17-9-7-8-10-18(17)27)22-23(29-19)30(4)26(35)31(5)24(22)33/h7-10,20,29H,11-13H2,1-6H3. The van der Waals surface area contributed by atoms with E-state index in [4.69, 9.17) is 21.1 Å². The van der Waals surface area contributed by atoms with Crippen LogP contribution in [0, 0.1) is 20.8 Å². The van der Waals surface area contributed by atoms with E-state index in [1.54, 1.807) is 31.3 Å². The van der Waals surface area contributed by atoms with E-state index >= 15 is 0 Å². The number of imidazole rings is 1. The van der Waals surface area contributed by atoms with Crippen molar-refractivity contribution in [2.45, 2.75) is 33.2 Å². The summed E-state index contributed by atoms with van der Waals surface area (Å²) in [6.07, 6.45) is 0. The number of ether oxygens (including phenoxy) is 2. The van der Waals surface area contributed by atoms with Crippen molar-refractivity contribution in [2.75, 3.05) is 25.6 Å². The average molecular weight is 528 g/mol. The Kier molecular flexibility index (Phi) is 7.42. The third-order valence-electron chi connectivity index (χ3n) is 6.85. The molecule has 0 fully saturated rings. The number of nitrogens with zero attached hydrogens (tertiary/aromatic N) is 4. The Labute approximate surface area is 219 Å². The lowest BCUT2D eigenvalue weighted by atomic mass is 9.82. The predicted octanol–water partition coefficient (Wildman–Crippen LogP) is 2.56. The van der Waals surface area contributed by atoms with E-state index in [9.17, 15) is 14.4 Å². The molecule has 3 aromatic rings. The third-order valence-corrected chi connectivity index (χ3v) is 7.19. The van der Waals surface area contributed by atoms with Crippen molar-refractivity contribution < 1.29 is 14.3 Å². The molecule has 10 nitrogen and oxygen atoms in total. The maximum atomic E-state index is 13.4. The van der Waals surface area contributed by atoms with Crippen LogP contribution in [0.5, 0.6) is 0 Å². The molecule has 1 atom stereocenters. The Morgan fingerprint density at radius 2 is 1.84 bits per heavy atom. The van der Waals surface area contributed by atoms with Crippen LogP contribution in [0.1, 0.15) is 34.3 Å². The van der Waals surface area contributed by atoms with E-state index < -0.39 is 23.1 Å². The largest absolute Gasteiger partial charge is 0.466 e. The van der Waals surface area contributed by atoms with Gasteiger partial charge in [-0.2, -0.15) is 0 Å². The van der Waals surface area contributed by atoms with Crippen LogP contribution in [0.4, 0.5) is 5.82 Å². The van der Waals surface area contributed by atoms with Crippen LogP contribution in [0.2, 0.25) is 5.02 Å². The van der Waals surface area contributed by atoms with Gasteiger partial charge in [-0.1, -0.05) is 29.8 Å². The highest BCUT2D eigenvalue weighted by Crippen LogP contribution is 2.42. The monoisotopic (exact) mass is 527 g/mol. The van der Waals surface area contributed by atoms with Crippen LogP contribution in [0.15, 0.2) is 45.1 Å². The van der Waals surface area contributed by atoms with Crippen molar-refractivity contribution in [1.82, 2.24) is 18.7 Å². The number of hydrogen-bond donors (Lipinski definition) is 1. The first kappa shape index (κ1) is 26.4. The van der Waals surface area contributed by atoms with Crippen molar-refractivity contribution in [3.05, 3.63) is 89.7 Å². The zero-order valence-corrected chi connectivity index (χ0v) is 22.5. The molecular weight excluding hydrogens is 498 g/mol. The predicted molar refractivity (Wildman–Crippen MR) is 140 cm³/mol. The van der Waals surface area contributed by atoms with E-state index in [2.05, 4.69) is 14.9 Å². The molecule has 4 rings (SSSR count). The highest BCUT2D eigenvalue weighted by Gasteiger charge is 2.39. The Hall–Kier alpha value is -3.63. The number of rotatable bonds is 7. The SMILES string of the molecule is COC(=O)C1=C(COCCn2c(C)nc(C)c2C)Nc2c(c(=O)n(C)c(=O)n2C)C1c1ccccc1Cl. The lowest BCUT2D eigenvalue weighted by Gasteiger charge is -2.32. The molecule has 0 aliphatic carbocycles. The zero-order valence-electron chi connectivity index (χ0n) is 21.7. The summed E-state index contributed by atoms with van der Waals surface area (Å²) in [5.41, 5.74) is 2.35. The zero-order chi connectivity index (χ0) is 27.0. The molecule has 37 heavy (non-hydrogen) atoms. The molecule has 196 valence electrons. The molecule has 0 bridgehead atoms. The maximum absolute atomic E-state index is 13.4. The van der Waals surface area contributed by atoms with Crippen molar-refractivity contribution in [3.63, 3.8) is 0 Å². The average Bonchev–Trinajstić information content (AvgIpc) is 3.13. The summed E-state index contributed by atoms with van der Waals surface area (Å²) in [6.45, 7) is 6.83. The number of hydrogen-bond acceptors (Lipinski definition) is 7. The van der Waals surface area contributed by atoms with Gasteiger partial charge in [-0.15, -0.1) is 0 Å². The van der Waals surface area contributed by atoms with Gasteiger partial charge in [0, 0.05) is 31.4 Å². The molecule has 3 heterocycles. The van der Waals surface area contributed by atoms with Gasteiger partial charge in [0.2, 0.25) is 0 Å².